The molecule has 0 fully saturated rings. The average molecular weight is 278 g/mol. The number of rotatable bonds is 4. The molecule has 20 heavy (non-hydrogen) atoms. The number of aromatic nitrogens is 2. The summed E-state index contributed by atoms with van der Waals surface area (Å²) < 4.78 is 6.48. The maximum absolute atomic E-state index is 11.8. The molecule has 1 heterocycles. The lowest BCUT2D eigenvalue weighted by Crippen LogP contribution is -2.07. The van der Waals surface area contributed by atoms with Gasteiger partial charge in [-0.2, -0.15) is 5.10 Å². The molecule has 0 spiro atoms. The van der Waals surface area contributed by atoms with Crippen LogP contribution in [0, 0.1) is 4.91 Å². The summed E-state index contributed by atoms with van der Waals surface area (Å²) in [4.78, 5) is 28.4. The van der Waals surface area contributed by atoms with E-state index in [1.165, 1.54) is 20.3 Å². The van der Waals surface area contributed by atoms with Gasteiger partial charge in [-0.15, -0.1) is 0 Å². The molecule has 0 amide bonds. The molecule has 7 heteroatoms. The van der Waals surface area contributed by atoms with Gasteiger partial charge in [0.15, 0.2) is 7.11 Å². The molecule has 2 rings (SSSR count). The summed E-state index contributed by atoms with van der Waals surface area (Å²) >= 11 is 0. The molecule has 1 aromatic heterocycles. The molecule has 0 unspecified atom stereocenters. The summed E-state index contributed by atoms with van der Waals surface area (Å²) in [6.45, 7) is 3.92. The van der Waals surface area contributed by atoms with E-state index in [0.717, 1.165) is 0 Å². The third-order valence-corrected chi connectivity index (χ3v) is 2.97. The fourth-order valence-electron chi connectivity index (χ4n) is 2.03. The first-order valence-corrected chi connectivity index (χ1v) is 6.10. The van der Waals surface area contributed by atoms with Gasteiger partial charge in [-0.3, -0.25) is 4.68 Å². The zero-order chi connectivity index (χ0) is 14.9. The molecule has 0 aliphatic carbocycles. The van der Waals surface area contributed by atoms with Crippen LogP contribution in [0.25, 0.3) is 10.9 Å². The van der Waals surface area contributed by atoms with Crippen molar-refractivity contribution in [3.63, 3.8) is 0 Å². The van der Waals surface area contributed by atoms with Crippen LogP contribution in [0.2, 0.25) is 0 Å². The van der Waals surface area contributed by atoms with E-state index in [4.69, 9.17) is 4.74 Å². The van der Waals surface area contributed by atoms with E-state index >= 15 is 0 Å². The van der Waals surface area contributed by atoms with Crippen LogP contribution in [0.15, 0.2) is 18.3 Å². The van der Waals surface area contributed by atoms with Crippen molar-refractivity contribution in [2.45, 2.75) is 19.9 Å². The molecule has 1 aromatic carbocycles. The standard InChI is InChI=1S/C13H16N3O4/c1-8(2)15-12-6-9(16(18)20-4)5-10(13(17)19-3)11(12)7-14-15/h5-8H,1-4H3/q+1. The highest BCUT2D eigenvalue weighted by atomic mass is 16.8. The highest BCUT2D eigenvalue weighted by molar-refractivity contribution is 6.04. The predicted molar refractivity (Wildman–Crippen MR) is 71.8 cm³/mol. The molecule has 0 bridgehead atoms. The van der Waals surface area contributed by atoms with Gasteiger partial charge in [0, 0.05) is 23.6 Å². The molecule has 0 atom stereocenters. The lowest BCUT2D eigenvalue weighted by atomic mass is 10.1. The van der Waals surface area contributed by atoms with Crippen LogP contribution in [-0.2, 0) is 9.57 Å². The molecule has 0 N–H and O–H groups in total. The zero-order valence-corrected chi connectivity index (χ0v) is 11.8. The number of nitrogens with zero attached hydrogens (tertiary/aromatic N) is 3. The predicted octanol–water partition coefficient (Wildman–Crippen LogP) is 2.38. The van der Waals surface area contributed by atoms with Crippen molar-refractivity contribution < 1.29 is 19.3 Å². The van der Waals surface area contributed by atoms with Gasteiger partial charge in [-0.1, -0.05) is 0 Å². The second-order valence-electron chi connectivity index (χ2n) is 4.54. The van der Waals surface area contributed by atoms with Crippen molar-refractivity contribution in [3.05, 3.63) is 28.8 Å². The monoisotopic (exact) mass is 278 g/mol. The Bertz CT molecular complexity index is 676. The molecular weight excluding hydrogens is 262 g/mol. The topological polar surface area (TPSA) is 73.4 Å². The van der Waals surface area contributed by atoms with Crippen LogP contribution >= 0.6 is 0 Å². The number of esters is 1. The van der Waals surface area contributed by atoms with Crippen molar-refractivity contribution in [2.24, 2.45) is 0 Å². The van der Waals surface area contributed by atoms with Crippen LogP contribution in [-0.4, -0.2) is 34.9 Å². The number of methoxy groups -OCH3 is 1. The van der Waals surface area contributed by atoms with Crippen molar-refractivity contribution in [1.29, 1.82) is 0 Å². The van der Waals surface area contributed by atoms with Gasteiger partial charge in [0.1, 0.15) is 0 Å². The number of fused-ring (bicyclic) bond motifs is 1. The Kier molecular flexibility index (Phi) is 3.69. The van der Waals surface area contributed by atoms with Crippen LogP contribution in [0.5, 0.6) is 0 Å². The summed E-state index contributed by atoms with van der Waals surface area (Å²) in [5, 5.41) is 4.88. The molecule has 0 aliphatic heterocycles. The molecule has 2 aromatic rings. The third-order valence-electron chi connectivity index (χ3n) is 2.97. The first kappa shape index (κ1) is 14.0. The average Bonchev–Trinajstić information content (AvgIpc) is 2.88. The smallest absolute Gasteiger partial charge is 0.338 e. The van der Waals surface area contributed by atoms with E-state index in [1.54, 1.807) is 16.9 Å². The minimum absolute atomic E-state index is 0.0934. The van der Waals surface area contributed by atoms with E-state index in [9.17, 15) is 9.70 Å². The Morgan fingerprint density at radius 3 is 2.60 bits per heavy atom. The van der Waals surface area contributed by atoms with Gasteiger partial charge in [-0.05, 0) is 13.8 Å². The van der Waals surface area contributed by atoms with Crippen LogP contribution in [0.4, 0.5) is 5.69 Å². The Morgan fingerprint density at radius 2 is 2.05 bits per heavy atom. The number of hydrogen-bond donors (Lipinski definition) is 0. The van der Waals surface area contributed by atoms with Crippen molar-refractivity contribution in [2.75, 3.05) is 14.2 Å². The number of ether oxygens (including phenoxy) is 1. The number of carbonyl (C=O) groups excluding carboxylic acids is 1. The SMILES string of the molecule is COC(=O)c1cc([N+](=O)OC)cc2c1cnn2C(C)C. The van der Waals surface area contributed by atoms with Crippen molar-refractivity contribution in [1.82, 2.24) is 9.78 Å². The number of benzene rings is 1. The van der Waals surface area contributed by atoms with Gasteiger partial charge >= 0.3 is 11.7 Å². The fourth-order valence-corrected chi connectivity index (χ4v) is 2.03. The molecule has 7 nitrogen and oxygen atoms in total. The van der Waals surface area contributed by atoms with Crippen molar-refractivity contribution >= 4 is 22.6 Å². The normalized spacial score (nSPS) is 10.8. The van der Waals surface area contributed by atoms with Gasteiger partial charge in [0.05, 0.1) is 29.3 Å². The number of carbonyl (C=O) groups is 1. The minimum atomic E-state index is -0.523. The quantitative estimate of drug-likeness (QED) is 0.634. The van der Waals surface area contributed by atoms with Gasteiger partial charge in [0.2, 0.25) is 0 Å². The highest BCUT2D eigenvalue weighted by Crippen LogP contribution is 2.27. The van der Waals surface area contributed by atoms with Crippen LogP contribution in [0.3, 0.4) is 0 Å². The Hall–Kier alpha value is -2.44. The van der Waals surface area contributed by atoms with Crippen molar-refractivity contribution in [3.8, 4) is 0 Å². The fraction of sp³-hybridized carbons (Fsp3) is 0.385. The summed E-state index contributed by atoms with van der Waals surface area (Å²) in [7, 11) is 2.55. The largest absolute Gasteiger partial charge is 0.465 e. The van der Waals surface area contributed by atoms with E-state index in [-0.39, 0.29) is 17.3 Å². The Balaban J connectivity index is 2.76. The first-order valence-electron chi connectivity index (χ1n) is 6.10. The molecular formula is C13H16N3O4+. The maximum atomic E-state index is 11.8. The molecule has 0 aliphatic rings. The lowest BCUT2D eigenvalue weighted by molar-refractivity contribution is -0.736. The zero-order valence-electron chi connectivity index (χ0n) is 11.8. The summed E-state index contributed by atoms with van der Waals surface area (Å²) in [5.74, 6) is -0.523. The summed E-state index contributed by atoms with van der Waals surface area (Å²) in [5.41, 5.74) is 1.17. The second-order valence-corrected chi connectivity index (χ2v) is 4.54. The molecule has 0 radical (unpaired) electrons. The van der Waals surface area contributed by atoms with E-state index in [1.807, 2.05) is 13.8 Å². The van der Waals surface area contributed by atoms with E-state index in [2.05, 4.69) is 9.94 Å². The molecule has 106 valence electrons. The Labute approximate surface area is 115 Å². The number of hydrogen-bond acceptors (Lipinski definition) is 5. The minimum Gasteiger partial charge on any atom is -0.465 e. The van der Waals surface area contributed by atoms with E-state index < -0.39 is 5.97 Å². The molecule has 0 saturated carbocycles. The lowest BCUT2D eigenvalue weighted by Gasteiger charge is -2.07. The van der Waals surface area contributed by atoms with Gasteiger partial charge in [-0.25, -0.2) is 9.63 Å². The molecule has 0 saturated heterocycles. The third kappa shape index (κ3) is 2.22. The highest BCUT2D eigenvalue weighted by Gasteiger charge is 2.24. The Morgan fingerprint density at radius 1 is 1.35 bits per heavy atom. The summed E-state index contributed by atoms with van der Waals surface area (Å²) in [6.07, 6.45) is 1.59. The van der Waals surface area contributed by atoms with E-state index in [0.29, 0.717) is 15.8 Å². The van der Waals surface area contributed by atoms with Crippen LogP contribution in [0.1, 0.15) is 30.2 Å². The van der Waals surface area contributed by atoms with Crippen LogP contribution < -0.4 is 0 Å². The first-order chi connectivity index (χ1) is 9.49. The second kappa shape index (κ2) is 5.28. The van der Waals surface area contributed by atoms with Gasteiger partial charge < -0.3 is 4.74 Å². The maximum Gasteiger partial charge on any atom is 0.338 e. The van der Waals surface area contributed by atoms with Gasteiger partial charge in [0.25, 0.3) is 4.92 Å². The summed E-state index contributed by atoms with van der Waals surface area (Å²) in [6, 6.07) is 3.15.